The molecule has 0 spiro atoms. The van der Waals surface area contributed by atoms with Crippen LogP contribution in [0.3, 0.4) is 0 Å². The topological polar surface area (TPSA) is 90.9 Å². The van der Waals surface area contributed by atoms with Crippen molar-refractivity contribution in [3.63, 3.8) is 0 Å². The molecule has 0 aliphatic carbocycles. The molecule has 0 bridgehead atoms. The van der Waals surface area contributed by atoms with Gasteiger partial charge in [0.05, 0.1) is 19.9 Å². The third kappa shape index (κ3) is 4.76. The van der Waals surface area contributed by atoms with E-state index in [0.29, 0.717) is 0 Å². The quantitative estimate of drug-likeness (QED) is 0.851. The van der Waals surface area contributed by atoms with Gasteiger partial charge < -0.3 is 14.2 Å². The fraction of sp³-hybridized carbons (Fsp3) is 0.462. The normalized spacial score (nSPS) is 11.7. The Kier molecular flexibility index (Phi) is 5.23. The first kappa shape index (κ1) is 18.0. The zero-order valence-corrected chi connectivity index (χ0v) is 13.7. The maximum atomic E-state index is 13.2. The van der Waals surface area contributed by atoms with Gasteiger partial charge in [0.2, 0.25) is 0 Å². The van der Waals surface area contributed by atoms with Crippen LogP contribution < -0.4 is 14.8 Å². The summed E-state index contributed by atoms with van der Waals surface area (Å²) in [4.78, 5) is 11.1. The van der Waals surface area contributed by atoms with E-state index in [1.54, 1.807) is 20.8 Å². The lowest BCUT2D eigenvalue weighted by atomic mass is 10.2. The molecule has 1 amide bonds. The average Bonchev–Trinajstić information content (AvgIpc) is 2.34. The van der Waals surface area contributed by atoms with Crippen molar-refractivity contribution in [2.45, 2.75) is 31.3 Å². The summed E-state index contributed by atoms with van der Waals surface area (Å²) in [5.41, 5.74) is -0.849. The second-order valence-corrected chi connectivity index (χ2v) is 6.62. The van der Waals surface area contributed by atoms with Gasteiger partial charge in [-0.15, -0.1) is 3.89 Å². The van der Waals surface area contributed by atoms with E-state index in [0.717, 1.165) is 12.1 Å². The number of carbonyl (C=O) groups excluding carboxylic acids is 1. The fourth-order valence-electron chi connectivity index (χ4n) is 1.59. The highest BCUT2D eigenvalue weighted by molar-refractivity contribution is 7.86. The van der Waals surface area contributed by atoms with Crippen LogP contribution >= 0.6 is 0 Å². The van der Waals surface area contributed by atoms with Gasteiger partial charge in [0.1, 0.15) is 10.5 Å². The molecule has 0 heterocycles. The first-order valence-electron chi connectivity index (χ1n) is 6.18. The van der Waals surface area contributed by atoms with E-state index in [1.807, 2.05) is 0 Å². The zero-order valence-electron chi connectivity index (χ0n) is 12.9. The Balaban J connectivity index is 3.29. The lowest BCUT2D eigenvalue weighted by Gasteiger charge is -2.21. The minimum absolute atomic E-state index is 0.0424. The number of methoxy groups -OCH3 is 2. The lowest BCUT2D eigenvalue weighted by molar-refractivity contribution is 0.0635. The predicted molar refractivity (Wildman–Crippen MR) is 77.7 cm³/mol. The van der Waals surface area contributed by atoms with E-state index < -0.39 is 26.8 Å². The van der Waals surface area contributed by atoms with Crippen molar-refractivity contribution in [3.8, 4) is 11.5 Å². The predicted octanol–water partition coefficient (Wildman–Crippen LogP) is 2.71. The van der Waals surface area contributed by atoms with E-state index in [4.69, 9.17) is 14.2 Å². The van der Waals surface area contributed by atoms with Crippen LogP contribution in [0.4, 0.5) is 14.4 Å². The van der Waals surface area contributed by atoms with Crippen molar-refractivity contribution in [2.24, 2.45) is 0 Å². The Labute approximate surface area is 128 Å². The number of ether oxygens (including phenoxy) is 3. The van der Waals surface area contributed by atoms with Crippen molar-refractivity contribution >= 4 is 22.0 Å². The highest BCUT2D eigenvalue weighted by Gasteiger charge is 2.23. The summed E-state index contributed by atoms with van der Waals surface area (Å²) in [6.45, 7) is 4.98. The second kappa shape index (κ2) is 6.39. The van der Waals surface area contributed by atoms with Gasteiger partial charge in [-0.2, -0.15) is 8.42 Å². The molecule has 22 heavy (non-hydrogen) atoms. The number of nitrogens with one attached hydrogen (secondary N) is 1. The Morgan fingerprint density at radius 1 is 1.18 bits per heavy atom. The molecule has 1 N–H and O–H groups in total. The van der Waals surface area contributed by atoms with Crippen LogP contribution in [0.5, 0.6) is 11.5 Å². The monoisotopic (exact) mass is 335 g/mol. The van der Waals surface area contributed by atoms with Crippen molar-refractivity contribution in [3.05, 3.63) is 12.1 Å². The minimum atomic E-state index is -4.98. The Hall–Kier alpha value is -2.03. The molecule has 7 nitrogen and oxygen atoms in total. The van der Waals surface area contributed by atoms with Crippen LogP contribution in [0.25, 0.3) is 0 Å². The third-order valence-corrected chi connectivity index (χ3v) is 3.17. The second-order valence-electron chi connectivity index (χ2n) is 5.27. The molecule has 0 aliphatic heterocycles. The van der Waals surface area contributed by atoms with Gasteiger partial charge in [0, 0.05) is 6.07 Å². The molecule has 1 rings (SSSR count). The number of benzene rings is 1. The first-order chi connectivity index (χ1) is 9.97. The SMILES string of the molecule is COc1cc(S(=O)(=O)F)cc(NC(=O)OC(C)(C)C)c1OC. The summed E-state index contributed by atoms with van der Waals surface area (Å²) in [5.74, 6) is -0.00644. The molecule has 0 atom stereocenters. The zero-order chi connectivity index (χ0) is 17.1. The molecule has 1 aromatic rings. The summed E-state index contributed by atoms with van der Waals surface area (Å²) in [6, 6.07) is 1.87. The molecule has 0 unspecified atom stereocenters. The largest absolute Gasteiger partial charge is 0.493 e. The summed E-state index contributed by atoms with van der Waals surface area (Å²) in [6.07, 6.45) is -0.846. The summed E-state index contributed by atoms with van der Waals surface area (Å²) < 4.78 is 50.4. The molecule has 124 valence electrons. The van der Waals surface area contributed by atoms with Crippen molar-refractivity contribution < 1.29 is 31.3 Å². The molecule has 0 aliphatic rings. The smallest absolute Gasteiger partial charge is 0.412 e. The van der Waals surface area contributed by atoms with Crippen molar-refractivity contribution in [2.75, 3.05) is 19.5 Å². The Bertz CT molecular complexity index is 666. The summed E-state index contributed by atoms with van der Waals surface area (Å²) in [5, 5.41) is 2.31. The van der Waals surface area contributed by atoms with E-state index in [1.165, 1.54) is 14.2 Å². The van der Waals surface area contributed by atoms with Crippen LogP contribution in [-0.2, 0) is 15.0 Å². The molecule has 1 aromatic carbocycles. The molecule has 0 radical (unpaired) electrons. The van der Waals surface area contributed by atoms with E-state index in [9.17, 15) is 17.1 Å². The van der Waals surface area contributed by atoms with Crippen LogP contribution in [0.2, 0.25) is 0 Å². The standard InChI is InChI=1S/C13H18FNO6S/c1-13(2,3)21-12(16)15-9-6-8(22(14,17)18)7-10(19-4)11(9)20-5/h6-7H,1-5H3,(H,15,16). The summed E-state index contributed by atoms with van der Waals surface area (Å²) in [7, 11) is -2.43. The van der Waals surface area contributed by atoms with Crippen molar-refractivity contribution in [1.29, 1.82) is 0 Å². The molecule has 9 heteroatoms. The third-order valence-electron chi connectivity index (χ3n) is 2.37. The molecule has 0 fully saturated rings. The number of anilines is 1. The number of amides is 1. The molecular weight excluding hydrogens is 317 g/mol. The Morgan fingerprint density at radius 3 is 2.18 bits per heavy atom. The van der Waals surface area contributed by atoms with Crippen LogP contribution in [0.15, 0.2) is 17.0 Å². The maximum Gasteiger partial charge on any atom is 0.412 e. The molecular formula is C13H18FNO6S. The number of halogens is 1. The number of hydrogen-bond acceptors (Lipinski definition) is 6. The van der Waals surface area contributed by atoms with Gasteiger partial charge in [-0.3, -0.25) is 5.32 Å². The lowest BCUT2D eigenvalue weighted by Crippen LogP contribution is -2.27. The highest BCUT2D eigenvalue weighted by atomic mass is 32.3. The number of hydrogen-bond donors (Lipinski definition) is 1. The van der Waals surface area contributed by atoms with Gasteiger partial charge in [0.25, 0.3) is 0 Å². The van der Waals surface area contributed by atoms with Gasteiger partial charge >= 0.3 is 16.3 Å². The van der Waals surface area contributed by atoms with E-state index in [2.05, 4.69) is 5.32 Å². The van der Waals surface area contributed by atoms with Gasteiger partial charge in [0.15, 0.2) is 11.5 Å². The van der Waals surface area contributed by atoms with Gasteiger partial charge in [-0.05, 0) is 26.8 Å². The average molecular weight is 335 g/mol. The van der Waals surface area contributed by atoms with Crippen molar-refractivity contribution in [1.82, 2.24) is 0 Å². The van der Waals surface area contributed by atoms with Gasteiger partial charge in [-0.25, -0.2) is 4.79 Å². The number of carbonyl (C=O) groups is 1. The maximum absolute atomic E-state index is 13.2. The first-order valence-corrected chi connectivity index (χ1v) is 7.57. The van der Waals surface area contributed by atoms with Crippen LogP contribution in [0, 0.1) is 0 Å². The van der Waals surface area contributed by atoms with E-state index >= 15 is 0 Å². The highest BCUT2D eigenvalue weighted by Crippen LogP contribution is 2.38. The molecule has 0 aromatic heterocycles. The summed E-state index contributed by atoms with van der Waals surface area (Å²) >= 11 is 0. The van der Waals surface area contributed by atoms with Gasteiger partial charge in [-0.1, -0.05) is 0 Å². The fourth-order valence-corrected chi connectivity index (χ4v) is 2.09. The number of rotatable bonds is 4. The minimum Gasteiger partial charge on any atom is -0.493 e. The van der Waals surface area contributed by atoms with Crippen LogP contribution in [-0.4, -0.2) is 34.3 Å². The molecule has 0 saturated heterocycles. The van der Waals surface area contributed by atoms with E-state index in [-0.39, 0.29) is 17.2 Å². The van der Waals surface area contributed by atoms with Crippen LogP contribution in [0.1, 0.15) is 20.8 Å². The Morgan fingerprint density at radius 2 is 1.77 bits per heavy atom. The molecule has 0 saturated carbocycles.